The molecule has 0 spiro atoms. The Morgan fingerprint density at radius 2 is 1.05 bits per heavy atom. The van der Waals surface area contributed by atoms with Crippen molar-refractivity contribution in [2.45, 2.75) is 105 Å². The summed E-state index contributed by atoms with van der Waals surface area (Å²) in [6.45, 7) is 15.5. The molecule has 0 radical (unpaired) electrons. The second-order valence-corrected chi connectivity index (χ2v) is 19.1. The molecule has 0 saturated carbocycles. The van der Waals surface area contributed by atoms with Crippen molar-refractivity contribution < 1.29 is 43.2 Å². The summed E-state index contributed by atoms with van der Waals surface area (Å²) < 4.78 is 23.3. The third-order valence-electron chi connectivity index (χ3n) is 12.2. The summed E-state index contributed by atoms with van der Waals surface area (Å²) in [6.07, 6.45) is 10.9. The van der Waals surface area contributed by atoms with Crippen LogP contribution in [0, 0.1) is 39.5 Å². The number of ether oxygens (including phenoxy) is 4. The Morgan fingerprint density at radius 1 is 0.613 bits per heavy atom. The summed E-state index contributed by atoms with van der Waals surface area (Å²) in [5, 5.41) is 12.1. The number of nitrogens with zero attached hydrogens (tertiary/aromatic N) is 4. The molecular formula is C58H72N6O11. The Morgan fingerprint density at radius 3 is 1.49 bits per heavy atom. The van der Waals surface area contributed by atoms with E-state index >= 15 is 0 Å². The molecule has 6 rings (SSSR count). The van der Waals surface area contributed by atoms with Crippen molar-refractivity contribution in [2.24, 2.45) is 17.6 Å². The summed E-state index contributed by atoms with van der Waals surface area (Å²) >= 11 is 0. The number of pyridine rings is 4. The van der Waals surface area contributed by atoms with E-state index in [-0.39, 0.29) is 47.7 Å². The van der Waals surface area contributed by atoms with E-state index < -0.39 is 36.1 Å². The van der Waals surface area contributed by atoms with E-state index in [9.17, 15) is 28.8 Å². The maximum absolute atomic E-state index is 13.6. The molecule has 75 heavy (non-hydrogen) atoms. The van der Waals surface area contributed by atoms with Gasteiger partial charge in [-0.25, -0.2) is 4.79 Å². The average molecular weight is 1030 g/mol. The van der Waals surface area contributed by atoms with Crippen LogP contribution in [0.3, 0.4) is 0 Å². The lowest BCUT2D eigenvalue weighted by molar-refractivity contribution is -0.142. The van der Waals surface area contributed by atoms with E-state index in [2.05, 4.69) is 20.0 Å². The number of nitrogens with two attached hydrogens (primary N) is 1. The van der Waals surface area contributed by atoms with Gasteiger partial charge in [0.25, 0.3) is 11.1 Å². The highest BCUT2D eigenvalue weighted by Crippen LogP contribution is 2.36. The SMILES string of the molecule is COC(=O)C[C@H](N)c1cncc(-c2c(C)cccc2OC)c1.COC(=O)C[C@H](NC(=O)C(CC(C)C)n1ccc(C)cc1=O)c1cncc(-c2c(C)cccc2OC)c1.Cc1ccn([C@H](CC(C)C)C(=O)O)c(=O)c1. The van der Waals surface area contributed by atoms with Gasteiger partial charge in [-0.15, -0.1) is 0 Å². The molecule has 4 atom stereocenters. The molecule has 0 aliphatic rings. The highest BCUT2D eigenvalue weighted by Gasteiger charge is 2.28. The summed E-state index contributed by atoms with van der Waals surface area (Å²) in [6, 6.07) is 19.3. The van der Waals surface area contributed by atoms with E-state index in [1.54, 1.807) is 63.5 Å². The monoisotopic (exact) mass is 1030 g/mol. The van der Waals surface area contributed by atoms with Crippen LogP contribution in [0.15, 0.2) is 120 Å². The predicted octanol–water partition coefficient (Wildman–Crippen LogP) is 9.00. The number of carbonyl (C=O) groups is 4. The van der Waals surface area contributed by atoms with E-state index in [1.165, 1.54) is 35.5 Å². The molecule has 4 aromatic heterocycles. The van der Waals surface area contributed by atoms with Crippen molar-refractivity contribution in [3.63, 3.8) is 0 Å². The van der Waals surface area contributed by atoms with Gasteiger partial charge in [0.15, 0.2) is 0 Å². The number of rotatable bonds is 19. The van der Waals surface area contributed by atoms with Crippen LogP contribution in [0.5, 0.6) is 11.5 Å². The summed E-state index contributed by atoms with van der Waals surface area (Å²) in [7, 11) is 5.90. The van der Waals surface area contributed by atoms with Crippen molar-refractivity contribution >= 4 is 23.8 Å². The highest BCUT2D eigenvalue weighted by atomic mass is 16.5. The van der Waals surface area contributed by atoms with Crippen LogP contribution in [0.4, 0.5) is 0 Å². The number of carboxylic acid groups (broad SMARTS) is 1. The topological polar surface area (TPSA) is 233 Å². The number of carboxylic acids is 1. The molecule has 400 valence electrons. The van der Waals surface area contributed by atoms with Crippen LogP contribution < -0.4 is 31.6 Å². The van der Waals surface area contributed by atoms with E-state index in [4.69, 9.17) is 25.1 Å². The van der Waals surface area contributed by atoms with Gasteiger partial charge in [0.05, 0.1) is 47.3 Å². The smallest absolute Gasteiger partial charge is 0.326 e. The normalized spacial score (nSPS) is 12.4. The number of aromatic nitrogens is 4. The second-order valence-electron chi connectivity index (χ2n) is 19.1. The molecule has 4 heterocycles. The zero-order valence-corrected chi connectivity index (χ0v) is 45.1. The standard InChI is InChI=1S/C29H35N3O5.C17H20N2O3.C12H17NO3/c1-18(2)12-24(32-11-10-19(3)13-26(32)33)29(35)31-23(15-27(34)37-6)21-14-22(17-30-16-21)28-20(4)8-7-9-25(28)36-5;1-11-5-4-6-15(21-2)17(11)13-7-12(9-19-10-13)14(18)8-16(20)22-3;1-8(2)6-10(12(15)16)13-5-4-9(3)7-11(13)14/h7-11,13-14,16-18,23-24H,12,15H2,1-6H3,(H,31,35);4-7,9-10,14H,8,18H2,1-3H3;4-5,7-8,10H,6H2,1-3H3,(H,15,16)/t23-,24?;14-;10-/m001/s1. The average Bonchev–Trinajstić information content (AvgIpc) is 3.37. The van der Waals surface area contributed by atoms with Crippen molar-refractivity contribution in [1.82, 2.24) is 24.4 Å². The number of hydrogen-bond acceptors (Lipinski definition) is 13. The summed E-state index contributed by atoms with van der Waals surface area (Å²) in [5.41, 5.74) is 14.3. The Hall–Kier alpha value is -7.92. The first-order chi connectivity index (χ1) is 35.6. The number of carbonyl (C=O) groups excluding carboxylic acids is 3. The van der Waals surface area contributed by atoms with Gasteiger partial charge in [0, 0.05) is 77.6 Å². The third-order valence-corrected chi connectivity index (χ3v) is 12.2. The lowest BCUT2D eigenvalue weighted by atomic mass is 9.96. The maximum atomic E-state index is 13.6. The molecule has 0 fully saturated rings. The minimum atomic E-state index is -0.959. The largest absolute Gasteiger partial charge is 0.496 e. The quantitative estimate of drug-likeness (QED) is 0.0643. The molecule has 4 N–H and O–H groups in total. The number of methoxy groups -OCH3 is 4. The molecule has 1 amide bonds. The lowest BCUT2D eigenvalue weighted by Crippen LogP contribution is -2.40. The molecule has 6 aromatic rings. The number of nitrogens with one attached hydrogen (secondary N) is 1. The van der Waals surface area contributed by atoms with E-state index in [1.807, 2.05) is 104 Å². The molecule has 0 bridgehead atoms. The van der Waals surface area contributed by atoms with Gasteiger partial charge in [-0.05, 0) is 122 Å². The van der Waals surface area contributed by atoms with Crippen LogP contribution in [-0.4, -0.2) is 76.5 Å². The Labute approximate surface area is 439 Å². The Bertz CT molecular complexity index is 3020. The molecule has 17 nitrogen and oxygen atoms in total. The van der Waals surface area contributed by atoms with Gasteiger partial charge in [0.1, 0.15) is 23.6 Å². The first kappa shape index (κ1) is 59.6. The zero-order valence-electron chi connectivity index (χ0n) is 45.1. The van der Waals surface area contributed by atoms with Crippen molar-refractivity contribution in [1.29, 1.82) is 0 Å². The zero-order chi connectivity index (χ0) is 55.5. The maximum Gasteiger partial charge on any atom is 0.326 e. The Balaban J connectivity index is 0.000000270. The van der Waals surface area contributed by atoms with Crippen LogP contribution in [0.1, 0.15) is 111 Å². The van der Waals surface area contributed by atoms with E-state index in [0.717, 1.165) is 55.8 Å². The number of aryl methyl sites for hydroxylation is 4. The third kappa shape index (κ3) is 17.1. The molecule has 2 aromatic carbocycles. The van der Waals surface area contributed by atoms with Gasteiger partial charge < -0.3 is 44.2 Å². The fraction of sp³-hybridized carbons (Fsp3) is 0.379. The van der Waals surface area contributed by atoms with Crippen LogP contribution in [-0.2, 0) is 28.7 Å². The van der Waals surface area contributed by atoms with Gasteiger partial charge in [-0.1, -0.05) is 52.0 Å². The van der Waals surface area contributed by atoms with Crippen molar-refractivity contribution in [3.05, 3.63) is 164 Å². The van der Waals surface area contributed by atoms with Crippen LogP contribution in [0.2, 0.25) is 0 Å². The first-order valence-corrected chi connectivity index (χ1v) is 24.6. The molecule has 0 aliphatic carbocycles. The molecule has 17 heteroatoms. The molecule has 0 saturated heterocycles. The van der Waals surface area contributed by atoms with Gasteiger partial charge in [-0.2, -0.15) is 0 Å². The minimum Gasteiger partial charge on any atom is -0.496 e. The summed E-state index contributed by atoms with van der Waals surface area (Å²) in [5.74, 6) is -0.268. The minimum absolute atomic E-state index is 0.0878. The number of amides is 1. The number of aliphatic carboxylic acids is 1. The first-order valence-electron chi connectivity index (χ1n) is 24.6. The molecule has 0 aliphatic heterocycles. The lowest BCUT2D eigenvalue weighted by Gasteiger charge is -2.25. The number of benzene rings is 2. The fourth-order valence-corrected chi connectivity index (χ4v) is 8.36. The summed E-state index contributed by atoms with van der Waals surface area (Å²) in [4.78, 5) is 81.5. The number of hydrogen-bond donors (Lipinski definition) is 3. The molecule has 1 unspecified atom stereocenters. The van der Waals surface area contributed by atoms with Gasteiger partial charge in [-0.3, -0.25) is 33.9 Å². The highest BCUT2D eigenvalue weighted by molar-refractivity contribution is 5.82. The second kappa shape index (κ2) is 28.5. The Kier molecular flexibility index (Phi) is 22.7. The van der Waals surface area contributed by atoms with Crippen LogP contribution in [0.25, 0.3) is 22.3 Å². The van der Waals surface area contributed by atoms with Crippen molar-refractivity contribution in [3.8, 4) is 33.8 Å². The predicted molar refractivity (Wildman–Crippen MR) is 288 cm³/mol. The van der Waals surface area contributed by atoms with Crippen LogP contribution >= 0.6 is 0 Å². The van der Waals surface area contributed by atoms with Crippen molar-refractivity contribution in [2.75, 3.05) is 28.4 Å². The van der Waals surface area contributed by atoms with Gasteiger partial charge >= 0.3 is 17.9 Å². The fourth-order valence-electron chi connectivity index (χ4n) is 8.36. The van der Waals surface area contributed by atoms with Gasteiger partial charge in [0.2, 0.25) is 5.91 Å². The van der Waals surface area contributed by atoms with E-state index in [0.29, 0.717) is 24.2 Å². The molecular weight excluding hydrogens is 957 g/mol. The number of esters is 2.